The molecule has 3 rings (SSSR count). The Morgan fingerprint density at radius 2 is 1.73 bits per heavy atom. The van der Waals surface area contributed by atoms with Crippen molar-refractivity contribution in [3.8, 4) is 28.7 Å². The van der Waals surface area contributed by atoms with E-state index in [4.69, 9.17) is 18.9 Å². The highest BCUT2D eigenvalue weighted by Crippen LogP contribution is 2.37. The molecule has 0 bridgehead atoms. The van der Waals surface area contributed by atoms with Crippen LogP contribution >= 0.6 is 45.2 Å². The molecule has 0 radical (unpaired) electrons. The molecule has 41 heavy (non-hydrogen) atoms. The minimum absolute atomic E-state index is 0.0554. The number of hydrogen-bond acceptors (Lipinski definition) is 8. The molecule has 0 spiro atoms. The van der Waals surface area contributed by atoms with Gasteiger partial charge in [-0.2, -0.15) is 13.2 Å². The fourth-order valence-electron chi connectivity index (χ4n) is 3.57. The number of carbonyl (C=O) groups is 2. The van der Waals surface area contributed by atoms with Crippen LogP contribution in [-0.2, 0) is 27.4 Å². The van der Waals surface area contributed by atoms with Crippen LogP contribution in [0.5, 0.6) is 28.7 Å². The molecule has 1 amide bonds. The Balaban J connectivity index is 1.79. The first-order chi connectivity index (χ1) is 19.3. The molecular weight excluding hydrogens is 775 g/mol. The predicted octanol–water partition coefficient (Wildman–Crippen LogP) is 5.87. The van der Waals surface area contributed by atoms with Crippen molar-refractivity contribution >= 4 is 57.1 Å². The number of methoxy groups -OCH3 is 1. The van der Waals surface area contributed by atoms with Crippen LogP contribution in [0, 0.1) is 7.14 Å². The number of phenolic OH excluding ortho intramolecular Hbond substituents is 1. The van der Waals surface area contributed by atoms with Crippen LogP contribution in [0.1, 0.15) is 18.2 Å². The maximum absolute atomic E-state index is 13.1. The number of amides is 1. The standard InChI is InChI=1S/C27H25F3I2N2O7/c1-4-39-25(36)21(34(2)26(37)27(28,29)30)11-15-9-19(31)24(20(32)10-15)41-17-7-8-22(35)23(12-17)40-14-16-5-6-18(38-3)13-33-16/h5-10,12-13,21,35H,4,11,14H2,1-3H3/t21-/m0/s1. The van der Waals surface area contributed by atoms with E-state index in [2.05, 4.69) is 4.98 Å². The minimum atomic E-state index is -5.14. The Morgan fingerprint density at radius 1 is 1.07 bits per heavy atom. The largest absolute Gasteiger partial charge is 0.504 e. The number of nitrogens with zero attached hydrogens (tertiary/aromatic N) is 2. The maximum Gasteiger partial charge on any atom is 0.471 e. The van der Waals surface area contributed by atoms with Gasteiger partial charge in [-0.25, -0.2) is 4.79 Å². The number of likely N-dealkylation sites (N-methyl/N-ethyl adjacent to an activating group) is 1. The highest BCUT2D eigenvalue weighted by atomic mass is 127. The van der Waals surface area contributed by atoms with Crippen molar-refractivity contribution in [2.24, 2.45) is 0 Å². The molecule has 0 unspecified atom stereocenters. The first kappa shape index (κ1) is 32.5. The van der Waals surface area contributed by atoms with Crippen LogP contribution in [0.3, 0.4) is 0 Å². The van der Waals surface area contributed by atoms with Gasteiger partial charge in [-0.1, -0.05) is 0 Å². The number of alkyl halides is 3. The van der Waals surface area contributed by atoms with E-state index in [0.717, 1.165) is 7.05 Å². The molecule has 1 N–H and O–H groups in total. The Morgan fingerprint density at radius 3 is 2.29 bits per heavy atom. The Kier molecular flexibility index (Phi) is 11.3. The van der Waals surface area contributed by atoms with Gasteiger partial charge in [0, 0.05) is 19.5 Å². The molecule has 1 heterocycles. The fraction of sp³-hybridized carbons (Fsp3) is 0.296. The molecule has 14 heteroatoms. The summed E-state index contributed by atoms with van der Waals surface area (Å²) in [6.07, 6.45) is -3.80. The van der Waals surface area contributed by atoms with Crippen LogP contribution in [0.4, 0.5) is 13.2 Å². The zero-order valence-corrected chi connectivity index (χ0v) is 26.3. The smallest absolute Gasteiger partial charge is 0.471 e. The summed E-state index contributed by atoms with van der Waals surface area (Å²) in [6.45, 7) is 1.55. The third-order valence-corrected chi connectivity index (χ3v) is 7.24. The van der Waals surface area contributed by atoms with Gasteiger partial charge >= 0.3 is 18.1 Å². The second-order valence-corrected chi connectivity index (χ2v) is 10.8. The van der Waals surface area contributed by atoms with Crippen LogP contribution in [-0.4, -0.2) is 59.8 Å². The highest BCUT2D eigenvalue weighted by molar-refractivity contribution is 14.1. The van der Waals surface area contributed by atoms with E-state index in [9.17, 15) is 27.9 Å². The van der Waals surface area contributed by atoms with Gasteiger partial charge in [-0.15, -0.1) is 0 Å². The number of esters is 1. The maximum atomic E-state index is 13.1. The molecule has 3 aromatic rings. The third kappa shape index (κ3) is 8.73. The van der Waals surface area contributed by atoms with Gasteiger partial charge < -0.3 is 29.0 Å². The number of halogens is 5. The number of hydrogen-bond donors (Lipinski definition) is 1. The fourth-order valence-corrected chi connectivity index (χ4v) is 5.69. The summed E-state index contributed by atoms with van der Waals surface area (Å²) in [4.78, 5) is 28.9. The normalized spacial score (nSPS) is 11.9. The Hall–Kier alpha value is -3.02. The molecule has 0 aliphatic heterocycles. The van der Waals surface area contributed by atoms with E-state index in [1.807, 2.05) is 45.2 Å². The molecule has 0 aliphatic rings. The van der Waals surface area contributed by atoms with Gasteiger partial charge in [0.25, 0.3) is 0 Å². The van der Waals surface area contributed by atoms with Gasteiger partial charge in [0.2, 0.25) is 0 Å². The molecule has 0 saturated heterocycles. The predicted molar refractivity (Wildman–Crippen MR) is 158 cm³/mol. The van der Waals surface area contributed by atoms with Gasteiger partial charge in [0.1, 0.15) is 24.1 Å². The molecule has 0 aliphatic carbocycles. The van der Waals surface area contributed by atoms with Crippen molar-refractivity contribution in [1.29, 1.82) is 0 Å². The zero-order chi connectivity index (χ0) is 30.3. The van der Waals surface area contributed by atoms with Gasteiger partial charge in [0.05, 0.1) is 32.7 Å². The quantitative estimate of drug-likeness (QED) is 0.190. The molecule has 2 aromatic carbocycles. The third-order valence-electron chi connectivity index (χ3n) is 5.64. The van der Waals surface area contributed by atoms with E-state index in [1.165, 1.54) is 26.2 Å². The molecular formula is C27H25F3I2N2O7. The van der Waals surface area contributed by atoms with Crippen molar-refractivity contribution in [2.45, 2.75) is 32.2 Å². The summed E-state index contributed by atoms with van der Waals surface area (Å²) >= 11 is 4.01. The lowest BCUT2D eigenvalue weighted by Crippen LogP contribution is -2.49. The average Bonchev–Trinajstić information content (AvgIpc) is 2.92. The first-order valence-electron chi connectivity index (χ1n) is 11.9. The van der Waals surface area contributed by atoms with Crippen molar-refractivity contribution in [3.05, 3.63) is 67.1 Å². The summed E-state index contributed by atoms with van der Waals surface area (Å²) in [5.74, 6) is -1.64. The van der Waals surface area contributed by atoms with Crippen molar-refractivity contribution in [1.82, 2.24) is 9.88 Å². The molecule has 0 saturated carbocycles. The van der Waals surface area contributed by atoms with E-state index in [1.54, 1.807) is 36.5 Å². The van der Waals surface area contributed by atoms with E-state index in [0.29, 0.717) is 40.5 Å². The van der Waals surface area contributed by atoms with Crippen molar-refractivity contribution < 1.29 is 46.8 Å². The second-order valence-electron chi connectivity index (χ2n) is 8.48. The first-order valence-corrected chi connectivity index (χ1v) is 14.1. The minimum Gasteiger partial charge on any atom is -0.504 e. The summed E-state index contributed by atoms with van der Waals surface area (Å²) in [6, 6.07) is 9.73. The summed E-state index contributed by atoms with van der Waals surface area (Å²) in [7, 11) is 2.45. The summed E-state index contributed by atoms with van der Waals surface area (Å²) in [5.41, 5.74) is 1.10. The van der Waals surface area contributed by atoms with E-state index in [-0.39, 0.29) is 31.1 Å². The van der Waals surface area contributed by atoms with Crippen LogP contribution in [0.25, 0.3) is 0 Å². The van der Waals surface area contributed by atoms with Crippen molar-refractivity contribution in [3.63, 3.8) is 0 Å². The molecule has 220 valence electrons. The van der Waals surface area contributed by atoms with Gasteiger partial charge in [-0.05, 0) is 94.1 Å². The van der Waals surface area contributed by atoms with Crippen molar-refractivity contribution in [2.75, 3.05) is 20.8 Å². The molecule has 0 fully saturated rings. The zero-order valence-electron chi connectivity index (χ0n) is 22.0. The second kappa shape index (κ2) is 14.2. The number of phenols is 1. The number of aromatic hydroxyl groups is 1. The van der Waals surface area contributed by atoms with Crippen LogP contribution in [0.15, 0.2) is 48.7 Å². The summed E-state index contributed by atoms with van der Waals surface area (Å²) < 4.78 is 62.1. The number of carbonyl (C=O) groups excluding carboxylic acids is 2. The summed E-state index contributed by atoms with van der Waals surface area (Å²) in [5, 5.41) is 10.2. The monoisotopic (exact) mass is 800 g/mol. The van der Waals surface area contributed by atoms with Crippen LogP contribution < -0.4 is 14.2 Å². The number of rotatable bonds is 11. The number of ether oxygens (including phenoxy) is 4. The van der Waals surface area contributed by atoms with E-state index < -0.39 is 24.1 Å². The molecule has 1 atom stereocenters. The van der Waals surface area contributed by atoms with Gasteiger partial charge in [-0.3, -0.25) is 9.78 Å². The lowest BCUT2D eigenvalue weighted by molar-refractivity contribution is -0.188. The van der Waals surface area contributed by atoms with Crippen LogP contribution in [0.2, 0.25) is 0 Å². The number of benzene rings is 2. The molecule has 9 nitrogen and oxygen atoms in total. The lowest BCUT2D eigenvalue weighted by atomic mass is 10.0. The Bertz CT molecular complexity index is 1370. The van der Waals surface area contributed by atoms with E-state index >= 15 is 0 Å². The highest BCUT2D eigenvalue weighted by Gasteiger charge is 2.45. The average molecular weight is 800 g/mol. The number of pyridine rings is 1. The lowest BCUT2D eigenvalue weighted by Gasteiger charge is -2.27. The van der Waals surface area contributed by atoms with Gasteiger partial charge in [0.15, 0.2) is 17.2 Å². The SMILES string of the molecule is CCOC(=O)[C@H](Cc1cc(I)c(Oc2ccc(O)c(OCc3ccc(OC)cn3)c2)c(I)c1)N(C)C(=O)C(F)(F)F. The topological polar surface area (TPSA) is 107 Å². The number of aromatic nitrogens is 1. The molecule has 1 aromatic heterocycles. The Labute approximate surface area is 261 Å².